The van der Waals surface area contributed by atoms with E-state index in [1.54, 1.807) is 11.3 Å². The number of morpholine rings is 1. The number of thiazole rings is 1. The molecule has 0 bridgehead atoms. The Hall–Kier alpha value is -1.02. The van der Waals surface area contributed by atoms with Gasteiger partial charge in [0.25, 0.3) is 0 Å². The summed E-state index contributed by atoms with van der Waals surface area (Å²) in [4.78, 5) is 22.5. The van der Waals surface area contributed by atoms with Crippen LogP contribution in [0.1, 0.15) is 23.4 Å². The van der Waals surface area contributed by atoms with Gasteiger partial charge >= 0.3 is 0 Å². The van der Waals surface area contributed by atoms with Crippen molar-refractivity contribution in [3.8, 4) is 0 Å². The van der Waals surface area contributed by atoms with Crippen LogP contribution >= 0.6 is 11.3 Å². The van der Waals surface area contributed by atoms with E-state index in [-0.39, 0.29) is 12.0 Å². The summed E-state index contributed by atoms with van der Waals surface area (Å²) in [6.45, 7) is 8.66. The monoisotopic (exact) mass is 353 g/mol. The highest BCUT2D eigenvalue weighted by Gasteiger charge is 2.25. The molecule has 1 aromatic heterocycles. The first-order valence-corrected chi connectivity index (χ1v) is 9.69. The van der Waals surface area contributed by atoms with E-state index in [2.05, 4.69) is 9.88 Å². The number of aromatic nitrogens is 1. The Bertz CT molecular complexity index is 531. The lowest BCUT2D eigenvalue weighted by Gasteiger charge is -2.31. The number of ether oxygens (including phenoxy) is 2. The van der Waals surface area contributed by atoms with Crippen molar-refractivity contribution in [3.63, 3.8) is 0 Å². The first-order valence-electron chi connectivity index (χ1n) is 8.81. The summed E-state index contributed by atoms with van der Waals surface area (Å²) in [5, 5.41) is 0. The second-order valence-electron chi connectivity index (χ2n) is 6.46. The molecule has 134 valence electrons. The summed E-state index contributed by atoms with van der Waals surface area (Å²) in [5.41, 5.74) is 2.91. The summed E-state index contributed by atoms with van der Waals surface area (Å²) in [6.07, 6.45) is 2.39. The summed E-state index contributed by atoms with van der Waals surface area (Å²) >= 11 is 1.64. The molecule has 0 unspecified atom stereocenters. The highest BCUT2D eigenvalue weighted by Crippen LogP contribution is 2.16. The van der Waals surface area contributed by atoms with Crippen LogP contribution in [0.15, 0.2) is 5.51 Å². The van der Waals surface area contributed by atoms with Crippen LogP contribution in [-0.4, -0.2) is 79.3 Å². The molecule has 3 rings (SSSR count). The molecule has 2 aliphatic rings. The van der Waals surface area contributed by atoms with Gasteiger partial charge in [0.1, 0.15) is 0 Å². The molecule has 0 spiro atoms. The van der Waals surface area contributed by atoms with Crippen LogP contribution in [0.4, 0.5) is 0 Å². The smallest absolute Gasteiger partial charge is 0.223 e. The summed E-state index contributed by atoms with van der Waals surface area (Å²) in [6, 6.07) is 0. The molecule has 0 aromatic carbocycles. The molecule has 0 aliphatic carbocycles. The topological polar surface area (TPSA) is 54.9 Å². The van der Waals surface area contributed by atoms with Crippen LogP contribution in [0.2, 0.25) is 0 Å². The van der Waals surface area contributed by atoms with Crippen LogP contribution in [0.5, 0.6) is 0 Å². The zero-order valence-corrected chi connectivity index (χ0v) is 15.2. The van der Waals surface area contributed by atoms with E-state index >= 15 is 0 Å². The van der Waals surface area contributed by atoms with Gasteiger partial charge in [-0.2, -0.15) is 0 Å². The third-order valence-corrected chi connectivity index (χ3v) is 5.67. The Kier molecular flexibility index (Phi) is 6.59. The Morgan fingerprint density at radius 2 is 2.17 bits per heavy atom. The maximum Gasteiger partial charge on any atom is 0.223 e. The molecule has 7 heteroatoms. The van der Waals surface area contributed by atoms with Crippen molar-refractivity contribution in [1.29, 1.82) is 0 Å². The van der Waals surface area contributed by atoms with E-state index < -0.39 is 0 Å². The van der Waals surface area contributed by atoms with Crippen molar-refractivity contribution >= 4 is 17.2 Å². The second-order valence-corrected chi connectivity index (χ2v) is 7.40. The van der Waals surface area contributed by atoms with Crippen LogP contribution < -0.4 is 0 Å². The molecule has 2 saturated heterocycles. The van der Waals surface area contributed by atoms with E-state index in [1.807, 2.05) is 17.3 Å². The lowest BCUT2D eigenvalue weighted by molar-refractivity contribution is -0.132. The van der Waals surface area contributed by atoms with E-state index in [0.717, 1.165) is 64.5 Å². The SMILES string of the molecule is Cc1ncsc1CCC(=O)N1CCCO[C@@H](CN2CCOCC2)C1. The van der Waals surface area contributed by atoms with Gasteiger partial charge in [-0.25, -0.2) is 4.98 Å². The van der Waals surface area contributed by atoms with Gasteiger partial charge in [0, 0.05) is 50.6 Å². The zero-order chi connectivity index (χ0) is 16.8. The normalized spacial score (nSPS) is 23.2. The van der Waals surface area contributed by atoms with Gasteiger partial charge < -0.3 is 14.4 Å². The van der Waals surface area contributed by atoms with E-state index in [0.29, 0.717) is 13.0 Å². The minimum Gasteiger partial charge on any atom is -0.379 e. The molecule has 0 N–H and O–H groups in total. The number of carbonyl (C=O) groups is 1. The number of hydrogen-bond donors (Lipinski definition) is 0. The second kappa shape index (κ2) is 8.89. The highest BCUT2D eigenvalue weighted by atomic mass is 32.1. The molecule has 24 heavy (non-hydrogen) atoms. The average Bonchev–Trinajstić information content (AvgIpc) is 2.86. The molecule has 1 amide bonds. The van der Waals surface area contributed by atoms with Crippen molar-refractivity contribution < 1.29 is 14.3 Å². The van der Waals surface area contributed by atoms with Gasteiger partial charge in [-0.05, 0) is 19.8 Å². The third-order valence-electron chi connectivity index (χ3n) is 4.68. The van der Waals surface area contributed by atoms with Gasteiger partial charge in [-0.1, -0.05) is 0 Å². The molecule has 0 radical (unpaired) electrons. The minimum atomic E-state index is 0.111. The van der Waals surface area contributed by atoms with Gasteiger partial charge in [-0.15, -0.1) is 11.3 Å². The van der Waals surface area contributed by atoms with Crippen molar-refractivity contribution in [2.45, 2.75) is 32.3 Å². The average molecular weight is 353 g/mol. The molecular formula is C17H27N3O3S. The number of aryl methyl sites for hydroxylation is 2. The summed E-state index contributed by atoms with van der Waals surface area (Å²) in [7, 11) is 0. The fourth-order valence-electron chi connectivity index (χ4n) is 3.25. The van der Waals surface area contributed by atoms with Crippen molar-refractivity contribution in [2.75, 3.05) is 52.5 Å². The summed E-state index contributed by atoms with van der Waals surface area (Å²) in [5.74, 6) is 0.236. The zero-order valence-electron chi connectivity index (χ0n) is 14.4. The van der Waals surface area contributed by atoms with E-state index in [9.17, 15) is 4.79 Å². The maximum absolute atomic E-state index is 12.6. The molecule has 1 aromatic rings. The van der Waals surface area contributed by atoms with Crippen molar-refractivity contribution in [3.05, 3.63) is 16.1 Å². The molecule has 2 aliphatic heterocycles. The van der Waals surface area contributed by atoms with Crippen LogP contribution in [-0.2, 0) is 20.7 Å². The fraction of sp³-hybridized carbons (Fsp3) is 0.765. The van der Waals surface area contributed by atoms with E-state index in [1.165, 1.54) is 4.88 Å². The minimum absolute atomic E-state index is 0.111. The third kappa shape index (κ3) is 4.99. The standard InChI is InChI=1S/C17H27N3O3S/c1-14-16(24-13-18-14)3-4-17(21)20-5-2-8-23-15(12-20)11-19-6-9-22-10-7-19/h13,15H,2-12H2,1H3/t15-/m0/s1. The van der Waals surface area contributed by atoms with Gasteiger partial charge in [0.05, 0.1) is 30.5 Å². The quantitative estimate of drug-likeness (QED) is 0.799. The first kappa shape index (κ1) is 17.8. The van der Waals surface area contributed by atoms with Crippen molar-refractivity contribution in [2.24, 2.45) is 0 Å². The molecule has 6 nitrogen and oxygen atoms in total. The maximum atomic E-state index is 12.6. The molecule has 0 saturated carbocycles. The Balaban J connectivity index is 1.49. The van der Waals surface area contributed by atoms with Gasteiger partial charge in [0.15, 0.2) is 0 Å². The number of rotatable bonds is 5. The molecule has 2 fully saturated rings. The van der Waals surface area contributed by atoms with E-state index in [4.69, 9.17) is 9.47 Å². The van der Waals surface area contributed by atoms with Crippen LogP contribution in [0, 0.1) is 6.92 Å². The number of hydrogen-bond acceptors (Lipinski definition) is 6. The molecular weight excluding hydrogens is 326 g/mol. The number of amides is 1. The Labute approximate surface area is 147 Å². The predicted octanol–water partition coefficient (Wildman–Crippen LogP) is 1.33. The lowest BCUT2D eigenvalue weighted by atomic mass is 10.2. The first-order chi connectivity index (χ1) is 11.7. The predicted molar refractivity (Wildman–Crippen MR) is 93.4 cm³/mol. The van der Waals surface area contributed by atoms with Gasteiger partial charge in [-0.3, -0.25) is 9.69 Å². The fourth-order valence-corrected chi connectivity index (χ4v) is 4.03. The highest BCUT2D eigenvalue weighted by molar-refractivity contribution is 7.09. The molecule has 1 atom stereocenters. The van der Waals surface area contributed by atoms with Crippen molar-refractivity contribution in [1.82, 2.24) is 14.8 Å². The van der Waals surface area contributed by atoms with Crippen LogP contribution in [0.25, 0.3) is 0 Å². The van der Waals surface area contributed by atoms with Gasteiger partial charge in [0.2, 0.25) is 5.91 Å². The number of nitrogens with zero attached hydrogens (tertiary/aromatic N) is 3. The lowest BCUT2D eigenvalue weighted by Crippen LogP contribution is -2.45. The Morgan fingerprint density at radius 1 is 1.33 bits per heavy atom. The molecule has 3 heterocycles. The Morgan fingerprint density at radius 3 is 2.92 bits per heavy atom. The summed E-state index contributed by atoms with van der Waals surface area (Å²) < 4.78 is 11.4. The van der Waals surface area contributed by atoms with Crippen LogP contribution in [0.3, 0.4) is 0 Å². The number of carbonyl (C=O) groups excluding carboxylic acids is 1. The largest absolute Gasteiger partial charge is 0.379 e.